The molecule has 1 aromatic rings. The van der Waals surface area contributed by atoms with E-state index in [0.717, 1.165) is 0 Å². The second-order valence-corrected chi connectivity index (χ2v) is 5.43. The van der Waals surface area contributed by atoms with Gasteiger partial charge < -0.3 is 15.2 Å². The van der Waals surface area contributed by atoms with Gasteiger partial charge in [-0.2, -0.15) is 4.98 Å². The fraction of sp³-hybridized carbons (Fsp3) is 0.750. The summed E-state index contributed by atoms with van der Waals surface area (Å²) in [6, 6.07) is 0.291. The zero-order valence-electron chi connectivity index (χ0n) is 11.7. The van der Waals surface area contributed by atoms with Gasteiger partial charge in [0.1, 0.15) is 0 Å². The van der Waals surface area contributed by atoms with Crippen molar-refractivity contribution in [3.05, 3.63) is 11.7 Å². The number of nitrogens with one attached hydrogen (secondary N) is 2. The van der Waals surface area contributed by atoms with Gasteiger partial charge in [-0.25, -0.2) is 0 Å². The third-order valence-corrected chi connectivity index (χ3v) is 2.57. The van der Waals surface area contributed by atoms with Crippen LogP contribution in [0.25, 0.3) is 0 Å². The van der Waals surface area contributed by atoms with E-state index in [1.165, 1.54) is 0 Å². The molecule has 0 radical (unpaired) electrons. The van der Waals surface area contributed by atoms with E-state index in [2.05, 4.69) is 20.8 Å². The van der Waals surface area contributed by atoms with Gasteiger partial charge in [0.25, 0.3) is 0 Å². The largest absolute Gasteiger partial charge is 0.347 e. The summed E-state index contributed by atoms with van der Waals surface area (Å²) in [5.74, 6) is 1.05. The van der Waals surface area contributed by atoms with Crippen LogP contribution in [0.1, 0.15) is 39.4 Å². The van der Waals surface area contributed by atoms with Crippen molar-refractivity contribution in [1.82, 2.24) is 20.8 Å². The summed E-state index contributed by atoms with van der Waals surface area (Å²) in [4.78, 5) is 15.9. The summed E-state index contributed by atoms with van der Waals surface area (Å²) in [7, 11) is 1.88. The fourth-order valence-corrected chi connectivity index (χ4v) is 1.24. The lowest BCUT2D eigenvalue weighted by Gasteiger charge is -2.16. The van der Waals surface area contributed by atoms with E-state index in [-0.39, 0.29) is 12.5 Å². The number of likely N-dealkylation sites (N-methyl/N-ethyl adjacent to an activating group) is 1. The molecule has 102 valence electrons. The van der Waals surface area contributed by atoms with Gasteiger partial charge >= 0.3 is 0 Å². The Bertz CT molecular complexity index is 395. The summed E-state index contributed by atoms with van der Waals surface area (Å²) >= 11 is 0. The third kappa shape index (κ3) is 4.44. The maximum Gasteiger partial charge on any atom is 0.246 e. The smallest absolute Gasteiger partial charge is 0.246 e. The average molecular weight is 254 g/mol. The van der Waals surface area contributed by atoms with Gasteiger partial charge in [-0.05, 0) is 14.0 Å². The highest BCUT2D eigenvalue weighted by atomic mass is 16.5. The summed E-state index contributed by atoms with van der Waals surface area (Å²) in [5.41, 5.74) is -0.413. The molecule has 0 fully saturated rings. The fourth-order valence-electron chi connectivity index (χ4n) is 1.24. The van der Waals surface area contributed by atoms with Gasteiger partial charge in [0.15, 0.2) is 5.82 Å². The van der Waals surface area contributed by atoms with Gasteiger partial charge in [0, 0.05) is 17.9 Å². The number of carbonyl (C=O) groups excluding carboxylic acids is 1. The van der Waals surface area contributed by atoms with E-state index in [4.69, 9.17) is 4.52 Å². The number of amides is 1. The molecule has 1 aromatic heterocycles. The van der Waals surface area contributed by atoms with E-state index in [1.54, 1.807) is 0 Å². The highest BCUT2D eigenvalue weighted by Gasteiger charge is 2.21. The molecule has 6 nitrogen and oxygen atoms in total. The van der Waals surface area contributed by atoms with Gasteiger partial charge in [-0.1, -0.05) is 25.9 Å². The van der Waals surface area contributed by atoms with Crippen LogP contribution >= 0.6 is 0 Å². The minimum absolute atomic E-state index is 0.0363. The number of aromatic nitrogens is 2. The summed E-state index contributed by atoms with van der Waals surface area (Å²) < 4.78 is 5.07. The number of hydrogen-bond donors (Lipinski definition) is 2. The molecule has 2 N–H and O–H groups in total. The van der Waals surface area contributed by atoms with Crippen molar-refractivity contribution in [3.8, 4) is 0 Å². The minimum atomic E-state index is -0.413. The Labute approximate surface area is 108 Å². The van der Waals surface area contributed by atoms with Crippen LogP contribution in [0, 0.1) is 5.41 Å². The van der Waals surface area contributed by atoms with Crippen molar-refractivity contribution in [2.24, 2.45) is 5.41 Å². The van der Waals surface area contributed by atoms with Crippen LogP contribution in [0.2, 0.25) is 0 Å². The molecule has 0 aliphatic heterocycles. The van der Waals surface area contributed by atoms with Crippen molar-refractivity contribution >= 4 is 5.91 Å². The molecule has 0 saturated carbocycles. The van der Waals surface area contributed by atoms with Crippen LogP contribution in [-0.2, 0) is 17.8 Å². The summed E-state index contributed by atoms with van der Waals surface area (Å²) in [5, 5.41) is 9.74. The Morgan fingerprint density at radius 3 is 2.67 bits per heavy atom. The number of rotatable bonds is 5. The third-order valence-electron chi connectivity index (χ3n) is 2.57. The maximum atomic E-state index is 11.7. The Hall–Kier alpha value is -1.43. The van der Waals surface area contributed by atoms with Crippen molar-refractivity contribution in [1.29, 1.82) is 0 Å². The summed E-state index contributed by atoms with van der Waals surface area (Å²) in [6.07, 6.45) is 0.702. The van der Waals surface area contributed by atoms with Gasteiger partial charge in [-0.3, -0.25) is 4.79 Å². The lowest BCUT2D eigenvalue weighted by atomic mass is 9.96. The van der Waals surface area contributed by atoms with Crippen LogP contribution in [0.15, 0.2) is 4.52 Å². The van der Waals surface area contributed by atoms with Crippen molar-refractivity contribution < 1.29 is 9.32 Å². The van der Waals surface area contributed by atoms with Crippen LogP contribution in [0.3, 0.4) is 0 Å². The molecule has 1 unspecified atom stereocenters. The van der Waals surface area contributed by atoms with Crippen LogP contribution in [0.5, 0.6) is 0 Å². The molecule has 0 spiro atoms. The molecule has 0 bridgehead atoms. The van der Waals surface area contributed by atoms with Crippen molar-refractivity contribution in [2.75, 3.05) is 7.05 Å². The van der Waals surface area contributed by atoms with E-state index in [0.29, 0.717) is 24.2 Å². The Morgan fingerprint density at radius 1 is 1.44 bits per heavy atom. The number of hydrogen-bond acceptors (Lipinski definition) is 5. The number of nitrogens with zero attached hydrogens (tertiary/aromatic N) is 2. The van der Waals surface area contributed by atoms with Crippen LogP contribution in [0.4, 0.5) is 0 Å². The molecular weight excluding hydrogens is 232 g/mol. The SMILES string of the molecule is CNC(C)Cc1noc(CNC(=O)C(C)(C)C)n1. The lowest BCUT2D eigenvalue weighted by molar-refractivity contribution is -0.128. The predicted octanol–water partition coefficient (Wildman–Crippen LogP) is 0.882. The quantitative estimate of drug-likeness (QED) is 0.815. The molecule has 0 aromatic carbocycles. The monoisotopic (exact) mass is 254 g/mol. The zero-order valence-corrected chi connectivity index (χ0v) is 11.7. The molecule has 0 aliphatic carbocycles. The minimum Gasteiger partial charge on any atom is -0.347 e. The van der Waals surface area contributed by atoms with Gasteiger partial charge in [0.2, 0.25) is 11.8 Å². The highest BCUT2D eigenvalue weighted by Crippen LogP contribution is 2.12. The molecular formula is C12H22N4O2. The van der Waals surface area contributed by atoms with Crippen molar-refractivity contribution in [2.45, 2.75) is 46.7 Å². The van der Waals surface area contributed by atoms with E-state index < -0.39 is 5.41 Å². The van der Waals surface area contributed by atoms with E-state index in [9.17, 15) is 4.79 Å². The first-order chi connectivity index (χ1) is 8.32. The second kappa shape index (κ2) is 5.95. The van der Waals surface area contributed by atoms with E-state index in [1.807, 2.05) is 34.7 Å². The lowest BCUT2D eigenvalue weighted by Crippen LogP contribution is -2.34. The standard InChI is InChI=1S/C12H22N4O2/c1-8(13-5)6-9-15-10(18-16-9)7-14-11(17)12(2,3)4/h8,13H,6-7H2,1-5H3,(H,14,17). The molecule has 18 heavy (non-hydrogen) atoms. The average Bonchev–Trinajstić information content (AvgIpc) is 2.72. The maximum absolute atomic E-state index is 11.7. The first-order valence-corrected chi connectivity index (χ1v) is 6.10. The first-order valence-electron chi connectivity index (χ1n) is 6.10. The van der Waals surface area contributed by atoms with Crippen molar-refractivity contribution in [3.63, 3.8) is 0 Å². The van der Waals surface area contributed by atoms with Crippen LogP contribution in [-0.4, -0.2) is 29.1 Å². The Morgan fingerprint density at radius 2 is 2.11 bits per heavy atom. The molecule has 1 amide bonds. The molecule has 1 atom stereocenters. The summed E-state index contributed by atoms with van der Waals surface area (Å²) in [6.45, 7) is 7.89. The Balaban J connectivity index is 2.47. The second-order valence-electron chi connectivity index (χ2n) is 5.43. The first kappa shape index (κ1) is 14.6. The highest BCUT2D eigenvalue weighted by molar-refractivity contribution is 5.81. The molecule has 1 heterocycles. The molecule has 1 rings (SSSR count). The zero-order chi connectivity index (χ0) is 13.8. The van der Waals surface area contributed by atoms with E-state index >= 15 is 0 Å². The molecule has 0 saturated heterocycles. The van der Waals surface area contributed by atoms with Gasteiger partial charge in [-0.15, -0.1) is 0 Å². The van der Waals surface area contributed by atoms with Crippen LogP contribution < -0.4 is 10.6 Å². The molecule has 0 aliphatic rings. The molecule has 6 heteroatoms. The Kier molecular flexibility index (Phi) is 4.84. The topological polar surface area (TPSA) is 80.0 Å². The van der Waals surface area contributed by atoms with Gasteiger partial charge in [0.05, 0.1) is 6.54 Å². The predicted molar refractivity (Wildman–Crippen MR) is 67.8 cm³/mol. The number of carbonyl (C=O) groups is 1. The normalized spacial score (nSPS) is 13.4.